The molecule has 0 spiro atoms. The SMILES string of the molecule is CCCNC(C)(CCCCSc1nnc(C)s1)C(N)=O. The van der Waals surface area contributed by atoms with Crippen molar-refractivity contribution >= 4 is 29.0 Å². The highest BCUT2D eigenvalue weighted by Gasteiger charge is 2.29. The normalized spacial score (nSPS) is 14.2. The van der Waals surface area contributed by atoms with Gasteiger partial charge in [0.25, 0.3) is 0 Å². The Labute approximate surface area is 129 Å². The summed E-state index contributed by atoms with van der Waals surface area (Å²) in [6.45, 7) is 6.75. The Kier molecular flexibility index (Phi) is 7.47. The number of primary amides is 1. The maximum atomic E-state index is 11.6. The number of aromatic nitrogens is 2. The molecule has 0 fully saturated rings. The third kappa shape index (κ3) is 5.76. The van der Waals surface area contributed by atoms with Gasteiger partial charge in [0.1, 0.15) is 5.01 Å². The molecule has 0 radical (unpaired) electrons. The summed E-state index contributed by atoms with van der Waals surface area (Å²) >= 11 is 3.35. The van der Waals surface area contributed by atoms with E-state index in [1.165, 1.54) is 0 Å². The van der Waals surface area contributed by atoms with Crippen molar-refractivity contribution in [1.29, 1.82) is 0 Å². The highest BCUT2D eigenvalue weighted by Crippen LogP contribution is 2.23. The Bertz CT molecular complexity index is 424. The van der Waals surface area contributed by atoms with Gasteiger partial charge in [-0.25, -0.2) is 0 Å². The van der Waals surface area contributed by atoms with Crippen LogP contribution in [0.3, 0.4) is 0 Å². The van der Waals surface area contributed by atoms with E-state index in [0.717, 1.165) is 47.3 Å². The van der Waals surface area contributed by atoms with Gasteiger partial charge in [0.05, 0.1) is 5.54 Å². The Morgan fingerprint density at radius 2 is 2.20 bits per heavy atom. The molecule has 1 heterocycles. The molecule has 1 unspecified atom stereocenters. The molecule has 0 saturated heterocycles. The van der Waals surface area contributed by atoms with Crippen molar-refractivity contribution in [3.05, 3.63) is 5.01 Å². The first-order valence-electron chi connectivity index (χ1n) is 6.96. The maximum Gasteiger partial charge on any atom is 0.237 e. The van der Waals surface area contributed by atoms with E-state index in [1.54, 1.807) is 23.1 Å². The highest BCUT2D eigenvalue weighted by atomic mass is 32.2. The van der Waals surface area contributed by atoms with Gasteiger partial charge in [-0.15, -0.1) is 10.2 Å². The monoisotopic (exact) mass is 316 g/mol. The lowest BCUT2D eigenvalue weighted by Crippen LogP contribution is -2.53. The Morgan fingerprint density at radius 1 is 1.45 bits per heavy atom. The number of unbranched alkanes of at least 4 members (excludes halogenated alkanes) is 1. The number of carbonyl (C=O) groups is 1. The number of nitrogens with zero attached hydrogens (tertiary/aromatic N) is 2. The van der Waals surface area contributed by atoms with Crippen molar-refractivity contribution < 1.29 is 4.79 Å². The summed E-state index contributed by atoms with van der Waals surface area (Å²) in [5.41, 5.74) is 4.91. The minimum atomic E-state index is -0.583. The van der Waals surface area contributed by atoms with Crippen LogP contribution in [0.2, 0.25) is 0 Å². The Morgan fingerprint density at radius 3 is 2.75 bits per heavy atom. The molecule has 7 heteroatoms. The van der Waals surface area contributed by atoms with Gasteiger partial charge in [-0.2, -0.15) is 0 Å². The van der Waals surface area contributed by atoms with Crippen molar-refractivity contribution in [3.63, 3.8) is 0 Å². The Balaban J connectivity index is 2.25. The van der Waals surface area contributed by atoms with Crippen LogP contribution in [0.25, 0.3) is 0 Å². The molecule has 20 heavy (non-hydrogen) atoms. The van der Waals surface area contributed by atoms with Crippen LogP contribution in [0.5, 0.6) is 0 Å². The number of carbonyl (C=O) groups excluding carboxylic acids is 1. The van der Waals surface area contributed by atoms with Crippen molar-refractivity contribution in [2.45, 2.75) is 56.3 Å². The van der Waals surface area contributed by atoms with E-state index in [2.05, 4.69) is 22.4 Å². The number of aryl methyl sites for hydroxylation is 1. The number of hydrogen-bond acceptors (Lipinski definition) is 6. The molecular formula is C13H24N4OS2. The lowest BCUT2D eigenvalue weighted by Gasteiger charge is -2.27. The van der Waals surface area contributed by atoms with Crippen LogP contribution < -0.4 is 11.1 Å². The number of hydrogen-bond donors (Lipinski definition) is 2. The molecule has 3 N–H and O–H groups in total. The van der Waals surface area contributed by atoms with E-state index in [0.29, 0.717) is 0 Å². The zero-order valence-electron chi connectivity index (χ0n) is 12.4. The summed E-state index contributed by atoms with van der Waals surface area (Å²) in [7, 11) is 0. The minimum Gasteiger partial charge on any atom is -0.368 e. The summed E-state index contributed by atoms with van der Waals surface area (Å²) < 4.78 is 1.02. The molecule has 1 aromatic heterocycles. The highest BCUT2D eigenvalue weighted by molar-refractivity contribution is 8.01. The second-order valence-electron chi connectivity index (χ2n) is 5.02. The number of rotatable bonds is 10. The van der Waals surface area contributed by atoms with Crippen LogP contribution in [0, 0.1) is 6.92 Å². The maximum absolute atomic E-state index is 11.6. The van der Waals surface area contributed by atoms with Crippen LogP contribution >= 0.6 is 23.1 Å². The van der Waals surface area contributed by atoms with Gasteiger partial charge in [-0.1, -0.05) is 36.4 Å². The van der Waals surface area contributed by atoms with Gasteiger partial charge in [0.15, 0.2) is 4.34 Å². The number of amides is 1. The summed E-state index contributed by atoms with van der Waals surface area (Å²) in [4.78, 5) is 11.6. The lowest BCUT2D eigenvalue weighted by atomic mass is 9.94. The van der Waals surface area contributed by atoms with Gasteiger partial charge in [-0.3, -0.25) is 4.79 Å². The zero-order valence-corrected chi connectivity index (χ0v) is 14.1. The molecule has 5 nitrogen and oxygen atoms in total. The zero-order chi connectivity index (χ0) is 15.0. The van der Waals surface area contributed by atoms with Crippen molar-refractivity contribution in [2.75, 3.05) is 12.3 Å². The summed E-state index contributed by atoms with van der Waals surface area (Å²) in [5, 5.41) is 12.3. The average molecular weight is 316 g/mol. The van der Waals surface area contributed by atoms with E-state index in [9.17, 15) is 4.79 Å². The van der Waals surface area contributed by atoms with Gasteiger partial charge < -0.3 is 11.1 Å². The van der Waals surface area contributed by atoms with Crippen LogP contribution in [0.1, 0.15) is 44.5 Å². The van der Waals surface area contributed by atoms with E-state index in [-0.39, 0.29) is 5.91 Å². The van der Waals surface area contributed by atoms with E-state index < -0.39 is 5.54 Å². The number of nitrogens with one attached hydrogen (secondary N) is 1. The average Bonchev–Trinajstić information content (AvgIpc) is 2.81. The fourth-order valence-corrected chi connectivity index (χ4v) is 3.66. The number of nitrogens with two attached hydrogens (primary N) is 1. The molecule has 1 rings (SSSR count). The quantitative estimate of drug-likeness (QED) is 0.511. The summed E-state index contributed by atoms with van der Waals surface area (Å²) in [6, 6.07) is 0. The molecule has 114 valence electrons. The standard InChI is InChI=1S/C13H24N4OS2/c1-4-8-15-13(3,11(14)18)7-5-6-9-19-12-17-16-10(2)20-12/h15H,4-9H2,1-3H3,(H2,14,18). The van der Waals surface area contributed by atoms with E-state index in [1.807, 2.05) is 13.8 Å². The molecule has 0 aliphatic carbocycles. The first-order chi connectivity index (χ1) is 9.48. The topological polar surface area (TPSA) is 80.9 Å². The van der Waals surface area contributed by atoms with Crippen LogP contribution in [0.4, 0.5) is 0 Å². The predicted molar refractivity (Wildman–Crippen MR) is 85.1 cm³/mol. The van der Waals surface area contributed by atoms with Crippen LogP contribution in [0.15, 0.2) is 4.34 Å². The van der Waals surface area contributed by atoms with Gasteiger partial charge >= 0.3 is 0 Å². The predicted octanol–water partition coefficient (Wildman–Crippen LogP) is 2.35. The molecule has 0 saturated carbocycles. The second kappa shape index (κ2) is 8.59. The van der Waals surface area contributed by atoms with Gasteiger partial charge in [0, 0.05) is 5.75 Å². The lowest BCUT2D eigenvalue weighted by molar-refractivity contribution is -0.124. The number of thioether (sulfide) groups is 1. The molecular weight excluding hydrogens is 292 g/mol. The third-order valence-corrected chi connectivity index (χ3v) is 5.17. The first kappa shape index (κ1) is 17.4. The van der Waals surface area contributed by atoms with Crippen molar-refractivity contribution in [3.8, 4) is 0 Å². The fraction of sp³-hybridized carbons (Fsp3) is 0.769. The van der Waals surface area contributed by atoms with E-state index >= 15 is 0 Å². The molecule has 1 atom stereocenters. The van der Waals surface area contributed by atoms with Crippen molar-refractivity contribution in [2.24, 2.45) is 5.73 Å². The molecule has 1 aromatic rings. The van der Waals surface area contributed by atoms with Gasteiger partial charge in [0.2, 0.25) is 5.91 Å². The molecule has 0 aliphatic heterocycles. The molecule has 0 aliphatic rings. The molecule has 0 aromatic carbocycles. The Hall–Kier alpha value is -0.660. The summed E-state index contributed by atoms with van der Waals surface area (Å²) in [5.74, 6) is 0.732. The summed E-state index contributed by atoms with van der Waals surface area (Å²) in [6.07, 6.45) is 3.79. The molecule has 0 bridgehead atoms. The fourth-order valence-electron chi connectivity index (χ4n) is 1.78. The van der Waals surface area contributed by atoms with Gasteiger partial charge in [-0.05, 0) is 39.7 Å². The van der Waals surface area contributed by atoms with E-state index in [4.69, 9.17) is 5.73 Å². The smallest absolute Gasteiger partial charge is 0.237 e. The van der Waals surface area contributed by atoms with Crippen molar-refractivity contribution in [1.82, 2.24) is 15.5 Å². The largest absolute Gasteiger partial charge is 0.368 e. The first-order valence-corrected chi connectivity index (χ1v) is 8.76. The minimum absolute atomic E-state index is 0.265. The molecule has 1 amide bonds. The second-order valence-corrected chi connectivity index (χ2v) is 7.54. The third-order valence-electron chi connectivity index (χ3n) is 3.11. The van der Waals surface area contributed by atoms with Crippen LogP contribution in [-0.4, -0.2) is 33.9 Å². The van der Waals surface area contributed by atoms with Crippen LogP contribution in [-0.2, 0) is 4.79 Å².